The lowest BCUT2D eigenvalue weighted by Crippen LogP contribution is -2.48. The Morgan fingerprint density at radius 2 is 1.73 bits per heavy atom. The van der Waals surface area contributed by atoms with Crippen LogP contribution in [0.4, 0.5) is 21.6 Å². The minimum atomic E-state index is -2.12. The fourth-order valence-corrected chi connectivity index (χ4v) is 4.88. The van der Waals surface area contributed by atoms with Gasteiger partial charge in [-0.15, -0.1) is 0 Å². The van der Waals surface area contributed by atoms with Gasteiger partial charge in [-0.05, 0) is 25.2 Å². The normalized spacial score (nSPS) is 17.0. The van der Waals surface area contributed by atoms with Crippen molar-refractivity contribution in [3.8, 4) is 11.5 Å². The van der Waals surface area contributed by atoms with Crippen LogP contribution in [0.1, 0.15) is 0 Å². The summed E-state index contributed by atoms with van der Waals surface area (Å²) in [6.45, 7) is 1.51. The number of hydrogen-bond acceptors (Lipinski definition) is 11. The van der Waals surface area contributed by atoms with Gasteiger partial charge < -0.3 is 50.5 Å². The van der Waals surface area contributed by atoms with Crippen molar-refractivity contribution in [1.82, 2.24) is 14.9 Å². The number of aromatic nitrogens is 2. The van der Waals surface area contributed by atoms with Crippen LogP contribution in [0.25, 0.3) is 10.9 Å². The molecule has 3 aromatic rings. The second kappa shape index (κ2) is 14.4. The van der Waals surface area contributed by atoms with E-state index in [-0.39, 0.29) is 17.0 Å². The van der Waals surface area contributed by atoms with Crippen LogP contribution in [0.15, 0.2) is 30.6 Å². The van der Waals surface area contributed by atoms with E-state index in [1.54, 1.807) is 12.1 Å². The average Bonchev–Trinajstić information content (AvgIpc) is 2.97. The van der Waals surface area contributed by atoms with Gasteiger partial charge in [0.2, 0.25) is 0 Å². The molecule has 0 amide bonds. The smallest absolute Gasteiger partial charge is 0.164 e. The van der Waals surface area contributed by atoms with E-state index in [1.807, 2.05) is 6.07 Å². The summed E-state index contributed by atoms with van der Waals surface area (Å²) in [5, 5.41) is 43.7. The van der Waals surface area contributed by atoms with E-state index in [1.165, 1.54) is 19.5 Å². The first-order valence-electron chi connectivity index (χ1n) is 12.6. The van der Waals surface area contributed by atoms with Crippen molar-refractivity contribution < 1.29 is 39.8 Å². The van der Waals surface area contributed by atoms with Gasteiger partial charge in [0.15, 0.2) is 23.8 Å². The first-order valence-corrected chi connectivity index (χ1v) is 13.3. The number of hydrogen-bond donors (Lipinski definition) is 5. The van der Waals surface area contributed by atoms with Crippen LogP contribution in [0.3, 0.4) is 0 Å². The minimum Gasteiger partial charge on any atom is -0.493 e. The van der Waals surface area contributed by atoms with E-state index in [4.69, 9.17) is 37.8 Å². The fraction of sp³-hybridized carbons (Fsp3) is 0.462. The number of rotatable bonds is 11. The summed E-state index contributed by atoms with van der Waals surface area (Å²) in [5.41, 5.74) is 1.88. The summed E-state index contributed by atoms with van der Waals surface area (Å²) in [7, 11) is 3.46. The molecule has 1 saturated heterocycles. The highest BCUT2D eigenvalue weighted by atomic mass is 35.5. The van der Waals surface area contributed by atoms with E-state index in [0.29, 0.717) is 32.5 Å². The van der Waals surface area contributed by atoms with Gasteiger partial charge in [-0.25, -0.2) is 14.4 Å². The molecular formula is C26H34Cl2FN5O7. The Morgan fingerprint density at radius 3 is 2.37 bits per heavy atom. The van der Waals surface area contributed by atoms with Crippen LogP contribution in [0.2, 0.25) is 10.0 Å². The molecule has 4 rings (SSSR count). The molecule has 12 nitrogen and oxygen atoms in total. The highest BCUT2D eigenvalue weighted by Gasteiger charge is 2.34. The molecule has 15 heteroatoms. The maximum absolute atomic E-state index is 13.7. The molecule has 4 atom stereocenters. The molecule has 2 aromatic carbocycles. The number of methoxy groups -OCH3 is 1. The third-order valence-electron chi connectivity index (χ3n) is 6.80. The molecular weight excluding hydrogens is 584 g/mol. The summed E-state index contributed by atoms with van der Waals surface area (Å²) >= 11 is 13.0. The molecule has 0 bridgehead atoms. The Morgan fingerprint density at radius 1 is 1.02 bits per heavy atom. The number of benzene rings is 2. The van der Waals surface area contributed by atoms with Crippen molar-refractivity contribution in [2.45, 2.75) is 24.5 Å². The van der Waals surface area contributed by atoms with Crippen LogP contribution in [0.5, 0.6) is 11.5 Å². The van der Waals surface area contributed by atoms with Gasteiger partial charge in [0.05, 0.1) is 47.3 Å². The Hall–Kier alpha value is -2.75. The Bertz CT molecular complexity index is 1320. The molecule has 1 fully saturated rings. The highest BCUT2D eigenvalue weighted by molar-refractivity contribution is 6.44. The number of aliphatic hydroxyl groups is 4. The molecule has 0 aliphatic carbocycles. The third-order valence-corrected chi connectivity index (χ3v) is 7.59. The number of likely N-dealkylation sites (N-methyl/N-ethyl adjacent to an activating group) is 1. The molecule has 1 aliphatic heterocycles. The fourth-order valence-electron chi connectivity index (χ4n) is 4.44. The molecule has 7 N–H and O–H groups in total. The Balaban J connectivity index is 0.00000462. The number of nitrogens with one attached hydrogen (secondary N) is 1. The maximum atomic E-state index is 13.7. The topological polar surface area (TPSA) is 175 Å². The molecule has 0 spiro atoms. The zero-order valence-electron chi connectivity index (χ0n) is 22.5. The molecule has 0 saturated carbocycles. The number of anilines is 3. The van der Waals surface area contributed by atoms with Crippen LogP contribution in [0, 0.1) is 0 Å². The molecule has 0 radical (unpaired) electrons. The lowest BCUT2D eigenvalue weighted by Gasteiger charge is -2.35. The zero-order chi connectivity index (χ0) is 29.0. The summed E-state index contributed by atoms with van der Waals surface area (Å²) < 4.78 is 24.9. The van der Waals surface area contributed by atoms with Gasteiger partial charge in [0.25, 0.3) is 0 Å². The van der Waals surface area contributed by atoms with Crippen LogP contribution in [-0.2, 0) is 0 Å². The monoisotopic (exact) mass is 617 g/mol. The summed E-state index contributed by atoms with van der Waals surface area (Å²) in [4.78, 5) is 13.1. The van der Waals surface area contributed by atoms with Gasteiger partial charge >= 0.3 is 0 Å². The van der Waals surface area contributed by atoms with E-state index < -0.39 is 37.7 Å². The quantitative estimate of drug-likeness (QED) is 0.210. The lowest BCUT2D eigenvalue weighted by atomic mass is 10.0. The molecule has 1 aliphatic rings. The maximum Gasteiger partial charge on any atom is 0.164 e. The molecule has 1 aromatic heterocycles. The predicted molar refractivity (Wildman–Crippen MR) is 155 cm³/mol. The Labute approximate surface area is 246 Å². The first-order chi connectivity index (χ1) is 19.2. The van der Waals surface area contributed by atoms with E-state index in [9.17, 15) is 19.7 Å². The highest BCUT2D eigenvalue weighted by Crippen LogP contribution is 2.42. The lowest BCUT2D eigenvalue weighted by molar-refractivity contribution is -0.0981. The van der Waals surface area contributed by atoms with Crippen molar-refractivity contribution >= 4 is 51.3 Å². The van der Waals surface area contributed by atoms with Crippen molar-refractivity contribution in [1.29, 1.82) is 0 Å². The van der Waals surface area contributed by atoms with Gasteiger partial charge in [-0.3, -0.25) is 0 Å². The average molecular weight is 618 g/mol. The van der Waals surface area contributed by atoms with E-state index in [0.717, 1.165) is 31.9 Å². The van der Waals surface area contributed by atoms with Crippen LogP contribution in [-0.4, -0.2) is 119 Å². The number of nitrogens with zero attached hydrogens (tertiary/aromatic N) is 4. The van der Waals surface area contributed by atoms with Crippen LogP contribution < -0.4 is 19.7 Å². The summed E-state index contributed by atoms with van der Waals surface area (Å²) in [6, 6.07) is 6.66. The van der Waals surface area contributed by atoms with E-state index in [2.05, 4.69) is 32.1 Å². The summed E-state index contributed by atoms with van der Waals surface area (Å²) in [5.74, 6) is 0.732. The molecule has 2 heterocycles. The Kier molecular flexibility index (Phi) is 11.5. The second-order valence-electron chi connectivity index (χ2n) is 9.43. The SMILES string of the molecule is COc1cc2c(Nc3ccc(Cl)c(Cl)c3N3CCN(C)CC3)ncnc2cc1O[C@H](CO)[C@H](O)[C@@H](O)[C@H](F)CO.O. The van der Waals surface area contributed by atoms with Gasteiger partial charge in [0.1, 0.15) is 24.4 Å². The van der Waals surface area contributed by atoms with Crippen molar-refractivity contribution in [2.24, 2.45) is 0 Å². The standard InChI is InChI=1S/C26H32Cl2FN5O6.H2O/c1-33-5-7-34(8-6-33)23-17(4-3-15(27)22(23)28)32-26-14-9-19(39-2)20(10-18(14)30-13-31-26)40-21(12-36)25(38)24(37)16(29)11-35;/h3-4,9-10,13,16,21,24-25,35-38H,5-8,11-12H2,1-2H3,(H,30,31,32);1H2/t16-,21-,24+,25+;/m1./s1. The minimum absolute atomic E-state index is 0. The van der Waals surface area contributed by atoms with Crippen molar-refractivity contribution in [3.05, 3.63) is 40.6 Å². The van der Waals surface area contributed by atoms with Crippen LogP contribution >= 0.6 is 23.2 Å². The number of aliphatic hydroxyl groups excluding tert-OH is 4. The predicted octanol–water partition coefficient (Wildman–Crippen LogP) is 1.41. The number of piperazine rings is 1. The molecule has 226 valence electrons. The number of ether oxygens (including phenoxy) is 2. The van der Waals surface area contributed by atoms with Gasteiger partial charge in [0, 0.05) is 37.6 Å². The number of alkyl halides is 1. The second-order valence-corrected chi connectivity index (χ2v) is 10.2. The largest absolute Gasteiger partial charge is 0.493 e. The first kappa shape index (κ1) is 32.8. The third kappa shape index (κ3) is 7.19. The number of halogens is 3. The van der Waals surface area contributed by atoms with Gasteiger partial charge in [-0.1, -0.05) is 23.2 Å². The van der Waals surface area contributed by atoms with Crippen molar-refractivity contribution in [2.75, 3.05) is 63.8 Å². The molecule has 0 unspecified atom stereocenters. The molecule has 41 heavy (non-hydrogen) atoms. The number of fused-ring (bicyclic) bond motifs is 1. The van der Waals surface area contributed by atoms with Gasteiger partial charge in [-0.2, -0.15) is 0 Å². The van der Waals surface area contributed by atoms with Crippen molar-refractivity contribution in [3.63, 3.8) is 0 Å². The summed E-state index contributed by atoms with van der Waals surface area (Å²) in [6.07, 6.45) is -6.01. The van der Waals surface area contributed by atoms with E-state index >= 15 is 0 Å². The zero-order valence-corrected chi connectivity index (χ0v) is 24.0.